The van der Waals surface area contributed by atoms with Gasteiger partial charge in [0.05, 0.1) is 12.2 Å². The Balaban J connectivity index is 2.20. The van der Waals surface area contributed by atoms with E-state index in [1.54, 1.807) is 0 Å². The number of nitrogens with zero attached hydrogens (tertiary/aromatic N) is 1. The zero-order chi connectivity index (χ0) is 11.3. The molecule has 3 unspecified atom stereocenters. The fourth-order valence-corrected chi connectivity index (χ4v) is 2.29. The van der Waals surface area contributed by atoms with Gasteiger partial charge in [-0.1, -0.05) is 6.92 Å². The van der Waals surface area contributed by atoms with Gasteiger partial charge in [-0.15, -0.1) is 0 Å². The smallest absolute Gasteiger partial charge is 0.0678 e. The molecule has 1 rings (SSSR count). The normalized spacial score (nSPS) is 30.4. The van der Waals surface area contributed by atoms with E-state index in [1.165, 1.54) is 13.0 Å². The second kappa shape index (κ2) is 6.46. The topological polar surface area (TPSA) is 24.5 Å². The van der Waals surface area contributed by atoms with Crippen LogP contribution in [0.3, 0.4) is 0 Å². The molecule has 15 heavy (non-hydrogen) atoms. The minimum absolute atomic E-state index is 0.392. The number of ether oxygens (including phenoxy) is 1. The van der Waals surface area contributed by atoms with Gasteiger partial charge in [0.2, 0.25) is 0 Å². The molecule has 3 atom stereocenters. The molecule has 1 saturated heterocycles. The van der Waals surface area contributed by atoms with Gasteiger partial charge in [-0.25, -0.2) is 0 Å². The molecule has 1 heterocycles. The predicted octanol–water partition coefficient (Wildman–Crippen LogP) is 1.48. The van der Waals surface area contributed by atoms with E-state index in [1.807, 2.05) is 0 Å². The molecule has 1 aliphatic rings. The summed E-state index contributed by atoms with van der Waals surface area (Å²) in [7, 11) is 0. The first-order valence-electron chi connectivity index (χ1n) is 6.23. The Kier molecular flexibility index (Phi) is 5.58. The highest BCUT2D eigenvalue weighted by Gasteiger charge is 2.21. The van der Waals surface area contributed by atoms with Crippen LogP contribution < -0.4 is 5.32 Å². The monoisotopic (exact) mass is 214 g/mol. The van der Waals surface area contributed by atoms with Crippen LogP contribution in [0.5, 0.6) is 0 Å². The highest BCUT2D eigenvalue weighted by atomic mass is 16.5. The lowest BCUT2D eigenvalue weighted by Crippen LogP contribution is -2.46. The van der Waals surface area contributed by atoms with E-state index in [0.29, 0.717) is 18.2 Å². The first-order valence-corrected chi connectivity index (χ1v) is 6.23. The largest absolute Gasteiger partial charge is 0.373 e. The Morgan fingerprint density at radius 3 is 2.47 bits per heavy atom. The van der Waals surface area contributed by atoms with Crippen LogP contribution in [-0.2, 0) is 4.74 Å². The van der Waals surface area contributed by atoms with Gasteiger partial charge in [0.1, 0.15) is 0 Å². The van der Waals surface area contributed by atoms with E-state index in [9.17, 15) is 0 Å². The standard InChI is InChI=1S/C12H26N2O/c1-5-13-10(2)6-7-14-8-11(3)15-12(4)9-14/h10-13H,5-9H2,1-4H3. The van der Waals surface area contributed by atoms with Crippen LogP contribution in [0.15, 0.2) is 0 Å². The van der Waals surface area contributed by atoms with Crippen molar-refractivity contribution in [1.29, 1.82) is 0 Å². The Morgan fingerprint density at radius 2 is 1.93 bits per heavy atom. The van der Waals surface area contributed by atoms with Crippen molar-refractivity contribution in [2.75, 3.05) is 26.2 Å². The van der Waals surface area contributed by atoms with Crippen molar-refractivity contribution < 1.29 is 4.74 Å². The van der Waals surface area contributed by atoms with E-state index < -0.39 is 0 Å². The first-order chi connectivity index (χ1) is 7.11. The van der Waals surface area contributed by atoms with Crippen molar-refractivity contribution in [3.63, 3.8) is 0 Å². The lowest BCUT2D eigenvalue weighted by atomic mass is 10.2. The second-order valence-electron chi connectivity index (χ2n) is 4.76. The van der Waals surface area contributed by atoms with Crippen molar-refractivity contribution >= 4 is 0 Å². The molecular formula is C12H26N2O. The van der Waals surface area contributed by atoms with Crippen molar-refractivity contribution in [3.8, 4) is 0 Å². The van der Waals surface area contributed by atoms with Gasteiger partial charge in [0, 0.05) is 19.1 Å². The average molecular weight is 214 g/mol. The second-order valence-corrected chi connectivity index (χ2v) is 4.76. The van der Waals surface area contributed by atoms with Crippen molar-refractivity contribution in [2.45, 2.75) is 52.4 Å². The summed E-state index contributed by atoms with van der Waals surface area (Å²) in [4.78, 5) is 2.52. The number of nitrogens with one attached hydrogen (secondary N) is 1. The van der Waals surface area contributed by atoms with Crippen LogP contribution in [0.1, 0.15) is 34.1 Å². The maximum atomic E-state index is 5.71. The van der Waals surface area contributed by atoms with Crippen LogP contribution in [0.4, 0.5) is 0 Å². The van der Waals surface area contributed by atoms with E-state index in [-0.39, 0.29) is 0 Å². The number of hydrogen-bond donors (Lipinski definition) is 1. The molecule has 0 bridgehead atoms. The zero-order valence-electron chi connectivity index (χ0n) is 10.6. The fourth-order valence-electron chi connectivity index (χ4n) is 2.29. The Bertz CT molecular complexity index is 165. The highest BCUT2D eigenvalue weighted by Crippen LogP contribution is 2.11. The van der Waals surface area contributed by atoms with Crippen molar-refractivity contribution in [2.24, 2.45) is 0 Å². The summed E-state index contributed by atoms with van der Waals surface area (Å²) >= 11 is 0. The van der Waals surface area contributed by atoms with Gasteiger partial charge in [0.25, 0.3) is 0 Å². The van der Waals surface area contributed by atoms with Gasteiger partial charge in [-0.05, 0) is 40.3 Å². The van der Waals surface area contributed by atoms with E-state index in [0.717, 1.165) is 19.6 Å². The molecule has 0 aromatic rings. The first kappa shape index (κ1) is 12.9. The third kappa shape index (κ3) is 4.96. The van der Waals surface area contributed by atoms with Crippen LogP contribution in [0.2, 0.25) is 0 Å². The molecule has 90 valence electrons. The molecule has 1 N–H and O–H groups in total. The minimum Gasteiger partial charge on any atom is -0.373 e. The maximum absolute atomic E-state index is 5.71. The number of morpholine rings is 1. The van der Waals surface area contributed by atoms with Gasteiger partial charge in [-0.3, -0.25) is 4.90 Å². The molecule has 0 aromatic heterocycles. The van der Waals surface area contributed by atoms with Crippen molar-refractivity contribution in [1.82, 2.24) is 10.2 Å². The molecule has 0 spiro atoms. The molecule has 3 heteroatoms. The fraction of sp³-hybridized carbons (Fsp3) is 1.00. The predicted molar refractivity (Wildman–Crippen MR) is 64.2 cm³/mol. The summed E-state index contributed by atoms with van der Waals surface area (Å²) in [6.07, 6.45) is 2.01. The van der Waals surface area contributed by atoms with E-state index in [4.69, 9.17) is 4.74 Å². The van der Waals surface area contributed by atoms with Crippen LogP contribution in [-0.4, -0.2) is 49.3 Å². The molecule has 1 fully saturated rings. The summed E-state index contributed by atoms with van der Waals surface area (Å²) in [5.74, 6) is 0. The summed E-state index contributed by atoms with van der Waals surface area (Å²) < 4.78 is 5.71. The molecule has 0 saturated carbocycles. The Hall–Kier alpha value is -0.120. The molecule has 0 aromatic carbocycles. The van der Waals surface area contributed by atoms with Gasteiger partial charge in [0.15, 0.2) is 0 Å². The summed E-state index contributed by atoms with van der Waals surface area (Å²) in [5.41, 5.74) is 0. The van der Waals surface area contributed by atoms with Gasteiger partial charge in [-0.2, -0.15) is 0 Å². The van der Waals surface area contributed by atoms with Gasteiger partial charge >= 0.3 is 0 Å². The average Bonchev–Trinajstić information content (AvgIpc) is 2.14. The summed E-state index contributed by atoms with van der Waals surface area (Å²) in [5, 5.41) is 3.45. The molecule has 1 aliphatic heterocycles. The summed E-state index contributed by atoms with van der Waals surface area (Å²) in [6, 6.07) is 0.628. The number of hydrogen-bond acceptors (Lipinski definition) is 3. The molecular weight excluding hydrogens is 188 g/mol. The Labute approximate surface area is 94.2 Å². The lowest BCUT2D eigenvalue weighted by molar-refractivity contribution is -0.0684. The van der Waals surface area contributed by atoms with E-state index >= 15 is 0 Å². The lowest BCUT2D eigenvalue weighted by Gasteiger charge is -2.35. The van der Waals surface area contributed by atoms with Crippen LogP contribution >= 0.6 is 0 Å². The minimum atomic E-state index is 0.392. The van der Waals surface area contributed by atoms with E-state index in [2.05, 4.69) is 37.9 Å². The zero-order valence-corrected chi connectivity index (χ0v) is 10.6. The van der Waals surface area contributed by atoms with Gasteiger partial charge < -0.3 is 10.1 Å². The van der Waals surface area contributed by atoms with Crippen LogP contribution in [0.25, 0.3) is 0 Å². The number of rotatable bonds is 5. The van der Waals surface area contributed by atoms with Crippen LogP contribution in [0, 0.1) is 0 Å². The highest BCUT2D eigenvalue weighted by molar-refractivity contribution is 4.74. The third-order valence-corrected chi connectivity index (χ3v) is 2.93. The maximum Gasteiger partial charge on any atom is 0.0678 e. The SMILES string of the molecule is CCNC(C)CCN1CC(C)OC(C)C1. The Morgan fingerprint density at radius 1 is 1.33 bits per heavy atom. The molecule has 3 nitrogen and oxygen atoms in total. The molecule has 0 radical (unpaired) electrons. The third-order valence-electron chi connectivity index (χ3n) is 2.93. The summed E-state index contributed by atoms with van der Waals surface area (Å²) in [6.45, 7) is 13.2. The molecule has 0 aliphatic carbocycles. The van der Waals surface area contributed by atoms with Crippen molar-refractivity contribution in [3.05, 3.63) is 0 Å². The molecule has 0 amide bonds. The quantitative estimate of drug-likeness (QED) is 0.750.